The molecule has 0 bridgehead atoms. The summed E-state index contributed by atoms with van der Waals surface area (Å²) in [5.41, 5.74) is -0.295. The lowest BCUT2D eigenvalue weighted by Gasteiger charge is -2.13. The van der Waals surface area contributed by atoms with E-state index in [1.807, 2.05) is 0 Å². The Morgan fingerprint density at radius 2 is 1.48 bits per heavy atom. The number of fused-ring (bicyclic) bond motifs is 1. The highest BCUT2D eigenvalue weighted by Gasteiger charge is 2.18. The van der Waals surface area contributed by atoms with Crippen LogP contribution in [-0.4, -0.2) is 10.5 Å². The number of aromatic nitrogens is 1. The third-order valence-electron chi connectivity index (χ3n) is 4.48. The number of anilines is 1. The SMILES string of the molecule is O=C(Nc1c(F)cccc1F)c1cn(-c2ccc(Cl)cc2)c(=O)c2ccccc12. The van der Waals surface area contributed by atoms with Gasteiger partial charge in [-0.2, -0.15) is 0 Å². The van der Waals surface area contributed by atoms with Crippen LogP contribution in [0.1, 0.15) is 10.4 Å². The van der Waals surface area contributed by atoms with Crippen molar-refractivity contribution >= 4 is 34.0 Å². The number of halogens is 3. The van der Waals surface area contributed by atoms with Gasteiger partial charge < -0.3 is 5.32 Å². The minimum absolute atomic E-state index is 0.0952. The summed E-state index contributed by atoms with van der Waals surface area (Å²) in [6.07, 6.45) is 1.35. The number of hydrogen-bond donors (Lipinski definition) is 1. The highest BCUT2D eigenvalue weighted by Crippen LogP contribution is 2.23. The number of benzene rings is 3. The average molecular weight is 411 g/mol. The van der Waals surface area contributed by atoms with Crippen molar-refractivity contribution in [3.05, 3.63) is 106 Å². The number of rotatable bonds is 3. The summed E-state index contributed by atoms with van der Waals surface area (Å²) in [5.74, 6) is -2.53. The Kier molecular flexibility index (Phi) is 4.86. The van der Waals surface area contributed by atoms with Gasteiger partial charge in [-0.05, 0) is 42.5 Å². The van der Waals surface area contributed by atoms with Gasteiger partial charge in [0.15, 0.2) is 0 Å². The van der Waals surface area contributed by atoms with Gasteiger partial charge in [-0.1, -0.05) is 35.9 Å². The zero-order chi connectivity index (χ0) is 20.5. The first-order chi connectivity index (χ1) is 14.0. The van der Waals surface area contributed by atoms with Gasteiger partial charge in [0.25, 0.3) is 11.5 Å². The molecule has 1 heterocycles. The van der Waals surface area contributed by atoms with Crippen LogP contribution in [0.15, 0.2) is 77.7 Å². The molecule has 1 aromatic heterocycles. The van der Waals surface area contributed by atoms with Crippen molar-refractivity contribution in [2.24, 2.45) is 0 Å². The summed E-state index contributed by atoms with van der Waals surface area (Å²) in [6, 6.07) is 16.4. The minimum atomic E-state index is -0.895. The molecule has 0 spiro atoms. The van der Waals surface area contributed by atoms with Crippen molar-refractivity contribution < 1.29 is 13.6 Å². The number of amides is 1. The molecule has 29 heavy (non-hydrogen) atoms. The molecular formula is C22H13ClF2N2O2. The van der Waals surface area contributed by atoms with Gasteiger partial charge in [-0.15, -0.1) is 0 Å². The molecule has 0 fully saturated rings. The predicted molar refractivity (Wildman–Crippen MR) is 109 cm³/mol. The molecule has 0 atom stereocenters. The second-order valence-electron chi connectivity index (χ2n) is 6.29. The van der Waals surface area contributed by atoms with E-state index in [9.17, 15) is 18.4 Å². The summed E-state index contributed by atoms with van der Waals surface area (Å²) < 4.78 is 29.2. The second-order valence-corrected chi connectivity index (χ2v) is 6.73. The van der Waals surface area contributed by atoms with E-state index < -0.39 is 23.2 Å². The fraction of sp³-hybridized carbons (Fsp3) is 0. The van der Waals surface area contributed by atoms with Crippen molar-refractivity contribution in [1.82, 2.24) is 4.57 Å². The smallest absolute Gasteiger partial charge is 0.262 e. The molecule has 4 aromatic rings. The molecule has 3 aromatic carbocycles. The number of hydrogen-bond acceptors (Lipinski definition) is 2. The first-order valence-corrected chi connectivity index (χ1v) is 8.99. The van der Waals surface area contributed by atoms with Crippen molar-refractivity contribution in [2.45, 2.75) is 0 Å². The van der Waals surface area contributed by atoms with Crippen LogP contribution in [0.25, 0.3) is 16.5 Å². The number of nitrogens with zero attached hydrogens (tertiary/aromatic N) is 1. The predicted octanol–water partition coefficient (Wildman–Crippen LogP) is 5.17. The molecule has 0 radical (unpaired) electrons. The zero-order valence-corrected chi connectivity index (χ0v) is 15.6. The maximum Gasteiger partial charge on any atom is 0.262 e. The molecule has 0 aliphatic heterocycles. The molecule has 1 amide bonds. The molecular weight excluding hydrogens is 398 g/mol. The zero-order valence-electron chi connectivity index (χ0n) is 14.8. The summed E-state index contributed by atoms with van der Waals surface area (Å²) in [4.78, 5) is 25.8. The van der Waals surface area contributed by atoms with Crippen molar-refractivity contribution in [1.29, 1.82) is 0 Å². The van der Waals surface area contributed by atoms with E-state index in [0.717, 1.165) is 12.1 Å². The van der Waals surface area contributed by atoms with E-state index in [1.165, 1.54) is 16.8 Å². The maximum atomic E-state index is 14.0. The van der Waals surface area contributed by atoms with Crippen molar-refractivity contribution in [3.8, 4) is 5.69 Å². The van der Waals surface area contributed by atoms with Crippen LogP contribution in [0, 0.1) is 11.6 Å². The first kappa shape index (κ1) is 18.8. The Hall–Kier alpha value is -3.51. The fourth-order valence-corrected chi connectivity index (χ4v) is 3.19. The lowest BCUT2D eigenvalue weighted by atomic mass is 10.1. The second kappa shape index (κ2) is 7.48. The number of nitrogens with one attached hydrogen (secondary N) is 1. The summed E-state index contributed by atoms with van der Waals surface area (Å²) in [7, 11) is 0. The van der Waals surface area contributed by atoms with Gasteiger partial charge in [0.1, 0.15) is 17.3 Å². The Morgan fingerprint density at radius 3 is 2.14 bits per heavy atom. The largest absolute Gasteiger partial charge is 0.317 e. The standard InChI is InChI=1S/C22H13ClF2N2O2/c23-13-8-10-14(11-9-13)27-12-17(15-4-1-2-5-16(15)22(27)29)21(28)26-20-18(24)6-3-7-19(20)25/h1-12H,(H,26,28). The van der Waals surface area contributed by atoms with Gasteiger partial charge in [0.2, 0.25) is 0 Å². The van der Waals surface area contributed by atoms with E-state index >= 15 is 0 Å². The molecule has 0 aliphatic rings. The number of carbonyl (C=O) groups is 1. The maximum absolute atomic E-state index is 14.0. The van der Waals surface area contributed by atoms with Crippen molar-refractivity contribution in [3.63, 3.8) is 0 Å². The summed E-state index contributed by atoms with van der Waals surface area (Å²) >= 11 is 5.91. The molecule has 4 nitrogen and oxygen atoms in total. The molecule has 1 N–H and O–H groups in total. The molecule has 7 heteroatoms. The van der Waals surface area contributed by atoms with E-state index in [0.29, 0.717) is 21.5 Å². The number of pyridine rings is 1. The third-order valence-corrected chi connectivity index (χ3v) is 4.73. The molecule has 0 saturated carbocycles. The average Bonchev–Trinajstić information content (AvgIpc) is 2.72. The highest BCUT2D eigenvalue weighted by atomic mass is 35.5. The van der Waals surface area contributed by atoms with Gasteiger partial charge in [0.05, 0.1) is 5.56 Å². The number of carbonyl (C=O) groups excluding carboxylic acids is 1. The monoisotopic (exact) mass is 410 g/mol. The fourth-order valence-electron chi connectivity index (χ4n) is 3.06. The molecule has 0 aliphatic carbocycles. The first-order valence-electron chi connectivity index (χ1n) is 8.61. The van der Waals surface area contributed by atoms with E-state index in [-0.39, 0.29) is 11.1 Å². The lowest BCUT2D eigenvalue weighted by molar-refractivity contribution is 0.102. The van der Waals surface area contributed by atoms with Crippen molar-refractivity contribution in [2.75, 3.05) is 5.32 Å². The molecule has 144 valence electrons. The minimum Gasteiger partial charge on any atom is -0.317 e. The van der Waals surface area contributed by atoms with Crippen LogP contribution in [0.2, 0.25) is 5.02 Å². The Bertz CT molecular complexity index is 1280. The quantitative estimate of drug-likeness (QED) is 0.506. The molecule has 0 saturated heterocycles. The molecule has 4 rings (SSSR count). The van der Waals surface area contributed by atoms with Crippen LogP contribution in [0.4, 0.5) is 14.5 Å². The van der Waals surface area contributed by atoms with Crippen LogP contribution in [0.5, 0.6) is 0 Å². The third kappa shape index (κ3) is 3.50. The van der Waals surface area contributed by atoms with Gasteiger partial charge in [-0.25, -0.2) is 8.78 Å². The normalized spacial score (nSPS) is 10.9. The summed E-state index contributed by atoms with van der Waals surface area (Å²) in [6.45, 7) is 0. The van der Waals surface area contributed by atoms with Crippen LogP contribution < -0.4 is 10.9 Å². The molecule has 0 unspecified atom stereocenters. The van der Waals surface area contributed by atoms with E-state index in [2.05, 4.69) is 5.32 Å². The number of para-hydroxylation sites is 1. The van der Waals surface area contributed by atoms with Crippen LogP contribution in [-0.2, 0) is 0 Å². The van der Waals surface area contributed by atoms with Gasteiger partial charge >= 0.3 is 0 Å². The Balaban J connectivity index is 1.89. The van der Waals surface area contributed by atoms with Gasteiger partial charge in [0, 0.05) is 27.7 Å². The highest BCUT2D eigenvalue weighted by molar-refractivity contribution is 6.30. The summed E-state index contributed by atoms with van der Waals surface area (Å²) in [5, 5.41) is 3.43. The Labute approximate surface area is 169 Å². The van der Waals surface area contributed by atoms with Crippen LogP contribution >= 0.6 is 11.6 Å². The Morgan fingerprint density at radius 1 is 0.862 bits per heavy atom. The van der Waals surface area contributed by atoms with E-state index in [1.54, 1.807) is 48.5 Å². The van der Waals surface area contributed by atoms with Crippen LogP contribution in [0.3, 0.4) is 0 Å². The van der Waals surface area contributed by atoms with E-state index in [4.69, 9.17) is 11.6 Å². The lowest BCUT2D eigenvalue weighted by Crippen LogP contribution is -2.23. The topological polar surface area (TPSA) is 51.1 Å². The van der Waals surface area contributed by atoms with Gasteiger partial charge in [-0.3, -0.25) is 14.2 Å².